The van der Waals surface area contributed by atoms with Crippen molar-refractivity contribution in [3.63, 3.8) is 0 Å². The zero-order chi connectivity index (χ0) is 12.0. The number of benzene rings is 1. The van der Waals surface area contributed by atoms with E-state index in [1.165, 1.54) is 5.19 Å². The van der Waals surface area contributed by atoms with Crippen molar-refractivity contribution < 1.29 is 13.3 Å². The minimum absolute atomic E-state index is 0.690. The van der Waals surface area contributed by atoms with Gasteiger partial charge in [0.05, 0.1) is 0 Å². The van der Waals surface area contributed by atoms with Gasteiger partial charge in [0.15, 0.2) is 9.04 Å². The Morgan fingerprint density at radius 2 is 1.56 bits per heavy atom. The minimum atomic E-state index is -2.37. The monoisotopic (exact) mass is 254 g/mol. The summed E-state index contributed by atoms with van der Waals surface area (Å²) in [6, 6.07) is 8.30. The Labute approximate surface area is 100 Å². The third-order valence-electron chi connectivity index (χ3n) is 2.57. The summed E-state index contributed by atoms with van der Waals surface area (Å²) in [7, 11) is 1.91. The lowest BCUT2D eigenvalue weighted by Gasteiger charge is -2.24. The molecule has 0 aromatic heterocycles. The van der Waals surface area contributed by atoms with Crippen LogP contribution in [0.25, 0.3) is 6.08 Å². The topological polar surface area (TPSA) is 27.7 Å². The molecule has 88 valence electrons. The van der Waals surface area contributed by atoms with E-state index in [0.29, 0.717) is 0 Å². The van der Waals surface area contributed by atoms with Crippen LogP contribution < -0.4 is 5.19 Å². The molecule has 0 unspecified atom stereocenters. The number of rotatable bonds is 6. The van der Waals surface area contributed by atoms with Crippen molar-refractivity contribution in [3.05, 3.63) is 36.4 Å². The van der Waals surface area contributed by atoms with Gasteiger partial charge >= 0.3 is 8.32 Å². The van der Waals surface area contributed by atoms with Gasteiger partial charge in [-0.15, -0.1) is 0 Å². The van der Waals surface area contributed by atoms with Crippen molar-refractivity contribution in [1.82, 2.24) is 0 Å². The van der Waals surface area contributed by atoms with Crippen molar-refractivity contribution >= 4 is 28.6 Å². The summed E-state index contributed by atoms with van der Waals surface area (Å²) in [4.78, 5) is 0. The predicted molar refractivity (Wildman–Crippen MR) is 71.5 cm³/mol. The Bertz CT molecular complexity index is 325. The van der Waals surface area contributed by atoms with Gasteiger partial charge in [-0.05, 0) is 5.56 Å². The fraction of sp³-hybridized carbons (Fsp3) is 0.273. The van der Waals surface area contributed by atoms with Crippen LogP contribution in [0, 0.1) is 0 Å². The molecule has 0 heterocycles. The predicted octanol–water partition coefficient (Wildman–Crippen LogP) is 0.498. The van der Waals surface area contributed by atoms with Crippen LogP contribution in [0.2, 0.25) is 0 Å². The van der Waals surface area contributed by atoms with Crippen LogP contribution in [0.15, 0.2) is 30.8 Å². The third-order valence-corrected chi connectivity index (χ3v) is 10.9. The highest BCUT2D eigenvalue weighted by atomic mass is 29.2. The molecule has 0 radical (unpaired) electrons. The fourth-order valence-corrected chi connectivity index (χ4v) is 6.90. The van der Waals surface area contributed by atoms with Crippen LogP contribution in [0.1, 0.15) is 5.56 Å². The molecular formula is C11H18O3Si2. The number of hydrogen-bond acceptors (Lipinski definition) is 3. The maximum Gasteiger partial charge on any atom is 0.466 e. The Morgan fingerprint density at radius 3 is 1.94 bits per heavy atom. The van der Waals surface area contributed by atoms with Crippen molar-refractivity contribution in [2.45, 2.75) is 0 Å². The molecule has 5 heteroatoms. The summed E-state index contributed by atoms with van der Waals surface area (Å²) >= 11 is 0. The highest BCUT2D eigenvalue weighted by Crippen LogP contribution is 2.05. The molecule has 0 aliphatic rings. The first-order chi connectivity index (χ1) is 7.69. The Balaban J connectivity index is 2.81. The second-order valence-electron chi connectivity index (χ2n) is 3.42. The van der Waals surface area contributed by atoms with E-state index in [0.717, 1.165) is 5.56 Å². The zero-order valence-corrected chi connectivity index (χ0v) is 12.4. The molecule has 3 nitrogen and oxygen atoms in total. The maximum absolute atomic E-state index is 5.43. The lowest BCUT2D eigenvalue weighted by Crippen LogP contribution is -2.54. The minimum Gasteiger partial charge on any atom is -0.380 e. The lowest BCUT2D eigenvalue weighted by molar-refractivity contribution is 0.149. The van der Waals surface area contributed by atoms with Crippen LogP contribution in [0.5, 0.6) is 0 Å². The second-order valence-corrected chi connectivity index (χ2v) is 10.8. The van der Waals surface area contributed by atoms with E-state index in [9.17, 15) is 0 Å². The van der Waals surface area contributed by atoms with Gasteiger partial charge in [-0.25, -0.2) is 0 Å². The average molecular weight is 254 g/mol. The lowest BCUT2D eigenvalue weighted by atomic mass is 10.2. The molecule has 1 rings (SSSR count). The van der Waals surface area contributed by atoms with Gasteiger partial charge in [-0.3, -0.25) is 0 Å². The van der Waals surface area contributed by atoms with Gasteiger partial charge in [0.1, 0.15) is 0 Å². The first-order valence-electron chi connectivity index (χ1n) is 5.06. The van der Waals surface area contributed by atoms with E-state index < -0.39 is 17.4 Å². The zero-order valence-electron chi connectivity index (χ0n) is 10.0. The molecule has 0 saturated carbocycles. The summed E-state index contributed by atoms with van der Waals surface area (Å²) in [5.41, 5.74) is 1.12. The van der Waals surface area contributed by atoms with Gasteiger partial charge in [0.2, 0.25) is 0 Å². The molecule has 1 aromatic rings. The maximum atomic E-state index is 5.43. The van der Waals surface area contributed by atoms with Crippen LogP contribution in [-0.4, -0.2) is 38.7 Å². The van der Waals surface area contributed by atoms with Crippen LogP contribution in [0.4, 0.5) is 0 Å². The first-order valence-corrected chi connectivity index (χ1v) is 9.82. The summed E-state index contributed by atoms with van der Waals surface area (Å²) in [5.74, 6) is 0. The van der Waals surface area contributed by atoms with Crippen molar-refractivity contribution in [2.24, 2.45) is 0 Å². The summed E-state index contributed by atoms with van der Waals surface area (Å²) < 4.78 is 16.3. The standard InChI is InChI=1S/C11H18O3Si2/c1-5-10-6-8-11(9-7-10)15-16(12-2,13-3)14-4/h5-9H,1,15H2,2-4H3. The summed E-state index contributed by atoms with van der Waals surface area (Å²) in [6.45, 7) is 3.73. The summed E-state index contributed by atoms with van der Waals surface area (Å²) in [5, 5.41) is 1.28. The van der Waals surface area contributed by atoms with E-state index >= 15 is 0 Å². The third kappa shape index (κ3) is 3.13. The van der Waals surface area contributed by atoms with Crippen molar-refractivity contribution in [2.75, 3.05) is 21.3 Å². The smallest absolute Gasteiger partial charge is 0.380 e. The van der Waals surface area contributed by atoms with Crippen LogP contribution in [0.3, 0.4) is 0 Å². The molecule has 0 aliphatic carbocycles. The molecule has 16 heavy (non-hydrogen) atoms. The Morgan fingerprint density at radius 1 is 1.06 bits per heavy atom. The molecule has 0 bridgehead atoms. The van der Waals surface area contributed by atoms with Gasteiger partial charge in [-0.2, -0.15) is 0 Å². The largest absolute Gasteiger partial charge is 0.466 e. The van der Waals surface area contributed by atoms with Crippen molar-refractivity contribution in [1.29, 1.82) is 0 Å². The Hall–Kier alpha value is -0.726. The molecular weight excluding hydrogens is 236 g/mol. The van der Waals surface area contributed by atoms with Gasteiger partial charge in [0.25, 0.3) is 0 Å². The van der Waals surface area contributed by atoms with Crippen molar-refractivity contribution in [3.8, 4) is 0 Å². The Kier molecular flexibility index (Phi) is 5.10. The molecule has 0 fully saturated rings. The quantitative estimate of drug-likeness (QED) is 0.692. The van der Waals surface area contributed by atoms with E-state index in [2.05, 4.69) is 30.8 Å². The van der Waals surface area contributed by atoms with Crippen LogP contribution in [-0.2, 0) is 13.3 Å². The van der Waals surface area contributed by atoms with Crippen LogP contribution >= 0.6 is 0 Å². The second kappa shape index (κ2) is 6.12. The molecule has 0 aliphatic heterocycles. The van der Waals surface area contributed by atoms with Gasteiger partial charge < -0.3 is 13.3 Å². The molecule has 0 N–H and O–H groups in total. The first kappa shape index (κ1) is 13.3. The van der Waals surface area contributed by atoms with E-state index in [-0.39, 0.29) is 0 Å². The molecule has 1 aromatic carbocycles. The van der Waals surface area contributed by atoms with E-state index in [1.807, 2.05) is 6.08 Å². The van der Waals surface area contributed by atoms with E-state index in [1.54, 1.807) is 21.3 Å². The fourth-order valence-electron chi connectivity index (χ4n) is 1.49. The van der Waals surface area contributed by atoms with E-state index in [4.69, 9.17) is 13.3 Å². The molecule has 0 atom stereocenters. The highest BCUT2D eigenvalue weighted by Gasteiger charge is 2.37. The van der Waals surface area contributed by atoms with Gasteiger partial charge in [-0.1, -0.05) is 42.1 Å². The number of hydrogen-bond donors (Lipinski definition) is 0. The normalized spacial score (nSPS) is 12.2. The molecule has 0 saturated heterocycles. The van der Waals surface area contributed by atoms with Gasteiger partial charge in [0, 0.05) is 21.3 Å². The average Bonchev–Trinajstić information content (AvgIpc) is 2.37. The molecule has 0 spiro atoms. The SMILES string of the molecule is C=Cc1ccc([SiH2][Si](OC)(OC)OC)cc1. The highest BCUT2D eigenvalue weighted by molar-refractivity contribution is 7.19. The summed E-state index contributed by atoms with van der Waals surface area (Å²) in [6.07, 6.45) is 1.83. The molecule has 0 amide bonds.